The van der Waals surface area contributed by atoms with Gasteiger partial charge in [-0.05, 0) is 36.8 Å². The smallest absolute Gasteiger partial charge is 0.308 e. The van der Waals surface area contributed by atoms with Crippen LogP contribution in [0.4, 0.5) is 13.2 Å². The number of hydrogen-bond donors (Lipinski definition) is 2. The average Bonchev–Trinajstić information content (AvgIpc) is 3.02. The van der Waals surface area contributed by atoms with Crippen molar-refractivity contribution in [2.75, 3.05) is 19.6 Å². The van der Waals surface area contributed by atoms with E-state index in [2.05, 4.69) is 15.2 Å². The maximum atomic E-state index is 13.0. The van der Waals surface area contributed by atoms with E-state index in [0.29, 0.717) is 25.2 Å². The third kappa shape index (κ3) is 3.45. The molecular weight excluding hydrogens is 369 g/mol. The number of H-pyrrole nitrogens is 1. The van der Waals surface area contributed by atoms with E-state index in [1.165, 1.54) is 12.1 Å². The van der Waals surface area contributed by atoms with Crippen LogP contribution in [0.3, 0.4) is 0 Å². The number of hydrogen-bond acceptors (Lipinski definition) is 3. The fraction of sp³-hybridized carbons (Fsp3) is 0.350. The molecule has 3 aromatic rings. The molecule has 1 aliphatic heterocycles. The first kappa shape index (κ1) is 18.8. The number of aromatic nitrogens is 2. The molecular formula is C20H21F3N4O. The van der Waals surface area contributed by atoms with Gasteiger partial charge in [0.05, 0.1) is 22.8 Å². The molecule has 1 saturated heterocycles. The van der Waals surface area contributed by atoms with Gasteiger partial charge in [0.1, 0.15) is 0 Å². The van der Waals surface area contributed by atoms with Gasteiger partial charge in [-0.25, -0.2) is 4.79 Å². The van der Waals surface area contributed by atoms with Crippen molar-refractivity contribution in [3.8, 4) is 0 Å². The molecule has 0 aliphatic carbocycles. The predicted octanol–water partition coefficient (Wildman–Crippen LogP) is 3.51. The second-order valence-corrected chi connectivity index (χ2v) is 7.07. The lowest BCUT2D eigenvalue weighted by Gasteiger charge is -2.38. The first-order chi connectivity index (χ1) is 13.3. The largest absolute Gasteiger partial charge is 0.416 e. The van der Waals surface area contributed by atoms with Gasteiger partial charge in [0.2, 0.25) is 0 Å². The number of fused-ring (bicyclic) bond motifs is 1. The Bertz CT molecular complexity index is 1040. The SMILES string of the molecule is CC(N1CCNC(c2cccc(C(F)(F)F)c2)C1)n1c(=O)[nH]c2ccccc21. The minimum Gasteiger partial charge on any atom is -0.308 e. The number of nitrogens with one attached hydrogen (secondary N) is 2. The Hall–Kier alpha value is -2.58. The summed E-state index contributed by atoms with van der Waals surface area (Å²) in [6, 6.07) is 12.7. The van der Waals surface area contributed by atoms with Crippen LogP contribution in [0.15, 0.2) is 53.3 Å². The van der Waals surface area contributed by atoms with Crippen LogP contribution in [-0.2, 0) is 6.18 Å². The Morgan fingerprint density at radius 1 is 1.14 bits per heavy atom. The molecule has 2 heterocycles. The summed E-state index contributed by atoms with van der Waals surface area (Å²) in [5.41, 5.74) is 1.34. The molecule has 2 N–H and O–H groups in total. The molecule has 2 atom stereocenters. The Morgan fingerprint density at radius 2 is 1.93 bits per heavy atom. The van der Waals surface area contributed by atoms with Crippen LogP contribution in [0.5, 0.6) is 0 Å². The molecule has 8 heteroatoms. The summed E-state index contributed by atoms with van der Waals surface area (Å²) in [5, 5.41) is 3.29. The number of piperazine rings is 1. The number of benzene rings is 2. The van der Waals surface area contributed by atoms with Gasteiger partial charge >= 0.3 is 11.9 Å². The number of aromatic amines is 1. The van der Waals surface area contributed by atoms with Crippen molar-refractivity contribution in [2.24, 2.45) is 0 Å². The van der Waals surface area contributed by atoms with Gasteiger partial charge in [-0.3, -0.25) is 9.47 Å². The normalized spacial score (nSPS) is 19.8. The molecule has 1 fully saturated rings. The maximum absolute atomic E-state index is 13.0. The van der Waals surface area contributed by atoms with E-state index in [4.69, 9.17) is 0 Å². The predicted molar refractivity (Wildman–Crippen MR) is 101 cm³/mol. The van der Waals surface area contributed by atoms with Gasteiger partial charge in [-0.15, -0.1) is 0 Å². The standard InChI is InChI=1S/C20H21F3N4O/c1-13(27-18-8-3-2-7-16(18)25-19(27)28)26-10-9-24-17(12-26)14-5-4-6-15(11-14)20(21,22)23/h2-8,11,13,17,24H,9-10,12H2,1H3,(H,25,28). The molecule has 0 bridgehead atoms. The van der Waals surface area contributed by atoms with Gasteiger partial charge in [-0.2, -0.15) is 13.2 Å². The van der Waals surface area contributed by atoms with Gasteiger partial charge in [0.25, 0.3) is 0 Å². The van der Waals surface area contributed by atoms with Gasteiger partial charge in [-0.1, -0.05) is 24.3 Å². The van der Waals surface area contributed by atoms with Crippen molar-refractivity contribution in [1.82, 2.24) is 19.8 Å². The van der Waals surface area contributed by atoms with E-state index in [0.717, 1.165) is 17.1 Å². The van der Waals surface area contributed by atoms with E-state index in [1.807, 2.05) is 31.2 Å². The monoisotopic (exact) mass is 390 g/mol. The Balaban J connectivity index is 1.60. The van der Waals surface area contributed by atoms with E-state index < -0.39 is 11.7 Å². The van der Waals surface area contributed by atoms with Crippen LogP contribution < -0.4 is 11.0 Å². The fourth-order valence-corrected chi connectivity index (χ4v) is 3.88. The first-order valence-corrected chi connectivity index (χ1v) is 9.18. The van der Waals surface area contributed by atoms with Gasteiger partial charge in [0.15, 0.2) is 0 Å². The van der Waals surface area contributed by atoms with Crippen molar-refractivity contribution in [3.63, 3.8) is 0 Å². The number of rotatable bonds is 3. The van der Waals surface area contributed by atoms with Crippen molar-refractivity contribution >= 4 is 11.0 Å². The molecule has 5 nitrogen and oxygen atoms in total. The lowest BCUT2D eigenvalue weighted by atomic mass is 10.0. The Morgan fingerprint density at radius 3 is 2.71 bits per heavy atom. The summed E-state index contributed by atoms with van der Waals surface area (Å²) in [4.78, 5) is 17.4. The number of halogens is 3. The van der Waals surface area contributed by atoms with E-state index in [9.17, 15) is 18.0 Å². The first-order valence-electron chi connectivity index (χ1n) is 9.18. The number of para-hydroxylation sites is 2. The van der Waals surface area contributed by atoms with Crippen molar-refractivity contribution in [2.45, 2.75) is 25.3 Å². The minimum absolute atomic E-state index is 0.192. The van der Waals surface area contributed by atoms with Crippen LogP contribution >= 0.6 is 0 Å². The highest BCUT2D eigenvalue weighted by molar-refractivity contribution is 5.75. The topological polar surface area (TPSA) is 53.1 Å². The maximum Gasteiger partial charge on any atom is 0.416 e. The highest BCUT2D eigenvalue weighted by Crippen LogP contribution is 2.32. The van der Waals surface area contributed by atoms with E-state index in [1.54, 1.807) is 10.6 Å². The molecule has 1 aliphatic rings. The number of alkyl halides is 3. The zero-order valence-corrected chi connectivity index (χ0v) is 15.3. The van der Waals surface area contributed by atoms with Crippen LogP contribution in [-0.4, -0.2) is 34.1 Å². The minimum atomic E-state index is -4.37. The molecule has 2 aromatic carbocycles. The molecule has 28 heavy (non-hydrogen) atoms. The van der Waals surface area contributed by atoms with Crippen molar-refractivity contribution in [3.05, 3.63) is 70.1 Å². The van der Waals surface area contributed by atoms with Crippen LogP contribution in [0.1, 0.15) is 30.3 Å². The quantitative estimate of drug-likeness (QED) is 0.720. The number of imidazole rings is 1. The van der Waals surface area contributed by atoms with E-state index in [-0.39, 0.29) is 17.9 Å². The van der Waals surface area contributed by atoms with Crippen LogP contribution in [0.2, 0.25) is 0 Å². The van der Waals surface area contributed by atoms with Crippen LogP contribution in [0, 0.1) is 0 Å². The molecule has 2 unspecified atom stereocenters. The summed E-state index contributed by atoms with van der Waals surface area (Å²) < 4.78 is 40.8. The zero-order chi connectivity index (χ0) is 19.9. The highest BCUT2D eigenvalue weighted by atomic mass is 19.4. The molecule has 0 saturated carbocycles. The lowest BCUT2D eigenvalue weighted by molar-refractivity contribution is -0.137. The second kappa shape index (κ2) is 7.10. The highest BCUT2D eigenvalue weighted by Gasteiger charge is 2.32. The zero-order valence-electron chi connectivity index (χ0n) is 15.3. The summed E-state index contributed by atoms with van der Waals surface area (Å²) in [6.07, 6.45) is -4.59. The third-order valence-electron chi connectivity index (χ3n) is 5.35. The summed E-state index contributed by atoms with van der Waals surface area (Å²) in [5.74, 6) is 0. The van der Waals surface area contributed by atoms with Crippen LogP contribution in [0.25, 0.3) is 11.0 Å². The second-order valence-electron chi connectivity index (χ2n) is 7.07. The van der Waals surface area contributed by atoms with Crippen molar-refractivity contribution < 1.29 is 13.2 Å². The average molecular weight is 390 g/mol. The molecule has 0 amide bonds. The molecule has 4 rings (SSSR count). The van der Waals surface area contributed by atoms with Gasteiger partial charge in [0, 0.05) is 25.7 Å². The van der Waals surface area contributed by atoms with E-state index >= 15 is 0 Å². The molecule has 0 spiro atoms. The Kier molecular flexibility index (Phi) is 4.76. The lowest BCUT2D eigenvalue weighted by Crippen LogP contribution is -2.48. The molecule has 1 aromatic heterocycles. The van der Waals surface area contributed by atoms with Gasteiger partial charge < -0.3 is 10.3 Å². The fourth-order valence-electron chi connectivity index (χ4n) is 3.88. The molecule has 148 valence electrons. The Labute approximate surface area is 159 Å². The molecule has 0 radical (unpaired) electrons. The summed E-state index contributed by atoms with van der Waals surface area (Å²) >= 11 is 0. The number of nitrogens with zero attached hydrogens (tertiary/aromatic N) is 2. The summed E-state index contributed by atoms with van der Waals surface area (Å²) in [7, 11) is 0. The van der Waals surface area contributed by atoms with Crippen molar-refractivity contribution in [1.29, 1.82) is 0 Å². The summed E-state index contributed by atoms with van der Waals surface area (Å²) in [6.45, 7) is 3.77. The third-order valence-corrected chi connectivity index (χ3v) is 5.35.